The Bertz CT molecular complexity index is 734. The number of carboxylic acid groups (broad SMARTS) is 1. The van der Waals surface area contributed by atoms with E-state index in [1.54, 1.807) is 4.90 Å². The standard InChI is InChI=1S/C19H24ClN3O5/c20-14-3-1-2-13(10-14)16-11-22(12-17-27-8-9-28-17)18(24)23(16)15-4-6-21(7-5-15)19(25)26/h1-3,10,15-17H,4-9,11-12H2,(H,25,26). The maximum absolute atomic E-state index is 13.3. The number of halogens is 1. The molecular formula is C19H24ClN3O5. The highest BCUT2D eigenvalue weighted by molar-refractivity contribution is 6.30. The molecule has 0 aliphatic carbocycles. The van der Waals surface area contributed by atoms with Crippen molar-refractivity contribution in [3.8, 4) is 0 Å². The summed E-state index contributed by atoms with van der Waals surface area (Å²) < 4.78 is 11.0. The van der Waals surface area contributed by atoms with Crippen LogP contribution in [-0.2, 0) is 9.47 Å². The first-order valence-electron chi connectivity index (χ1n) is 9.56. The summed E-state index contributed by atoms with van der Waals surface area (Å²) in [6.07, 6.45) is -0.0498. The Morgan fingerprint density at radius 3 is 2.57 bits per heavy atom. The maximum Gasteiger partial charge on any atom is 0.407 e. The quantitative estimate of drug-likeness (QED) is 0.826. The van der Waals surface area contributed by atoms with Gasteiger partial charge in [-0.1, -0.05) is 23.7 Å². The van der Waals surface area contributed by atoms with Crippen LogP contribution >= 0.6 is 11.6 Å². The van der Waals surface area contributed by atoms with Crippen LogP contribution < -0.4 is 0 Å². The molecule has 0 radical (unpaired) electrons. The number of rotatable bonds is 4. The molecule has 0 spiro atoms. The Morgan fingerprint density at radius 2 is 1.93 bits per heavy atom. The van der Waals surface area contributed by atoms with Gasteiger partial charge in [0.2, 0.25) is 0 Å². The number of benzene rings is 1. The molecule has 3 saturated heterocycles. The molecule has 152 valence electrons. The van der Waals surface area contributed by atoms with Crippen molar-refractivity contribution in [3.05, 3.63) is 34.9 Å². The summed E-state index contributed by atoms with van der Waals surface area (Å²) in [5.74, 6) is 0. The summed E-state index contributed by atoms with van der Waals surface area (Å²) in [7, 11) is 0. The molecule has 1 aromatic carbocycles. The Morgan fingerprint density at radius 1 is 1.21 bits per heavy atom. The summed E-state index contributed by atoms with van der Waals surface area (Å²) in [6.45, 7) is 2.87. The van der Waals surface area contributed by atoms with Crippen LogP contribution in [-0.4, -0.2) is 83.7 Å². The SMILES string of the molecule is O=C(O)N1CCC(N2C(=O)N(CC3OCCO3)CC2c2cccc(Cl)c2)CC1. The number of likely N-dealkylation sites (tertiary alicyclic amines) is 1. The van der Waals surface area contributed by atoms with Gasteiger partial charge in [-0.25, -0.2) is 9.59 Å². The van der Waals surface area contributed by atoms with E-state index in [-0.39, 0.29) is 18.1 Å². The lowest BCUT2D eigenvalue weighted by Gasteiger charge is -2.38. The molecule has 1 aromatic rings. The molecule has 1 N–H and O–H groups in total. The summed E-state index contributed by atoms with van der Waals surface area (Å²) >= 11 is 6.19. The van der Waals surface area contributed by atoms with Gasteiger partial charge in [0.25, 0.3) is 0 Å². The number of carbonyl (C=O) groups excluding carboxylic acids is 1. The minimum Gasteiger partial charge on any atom is -0.465 e. The average molecular weight is 410 g/mol. The first-order valence-corrected chi connectivity index (χ1v) is 9.94. The minimum atomic E-state index is -0.908. The molecule has 3 fully saturated rings. The van der Waals surface area contributed by atoms with E-state index in [2.05, 4.69) is 0 Å². The van der Waals surface area contributed by atoms with Gasteiger partial charge in [0.1, 0.15) is 0 Å². The molecule has 3 aliphatic heterocycles. The molecule has 1 atom stereocenters. The van der Waals surface area contributed by atoms with Gasteiger partial charge in [-0.05, 0) is 30.5 Å². The van der Waals surface area contributed by atoms with Crippen LogP contribution in [0, 0.1) is 0 Å². The topological polar surface area (TPSA) is 82.6 Å². The molecule has 0 aromatic heterocycles. The summed E-state index contributed by atoms with van der Waals surface area (Å²) in [5.41, 5.74) is 0.984. The molecule has 8 nitrogen and oxygen atoms in total. The third-order valence-corrected chi connectivity index (χ3v) is 5.88. The summed E-state index contributed by atoms with van der Waals surface area (Å²) in [5, 5.41) is 9.83. The Kier molecular flexibility index (Phi) is 5.61. The van der Waals surface area contributed by atoms with E-state index in [0.29, 0.717) is 57.3 Å². The summed E-state index contributed by atoms with van der Waals surface area (Å²) in [6, 6.07) is 7.38. The number of nitrogens with zero attached hydrogens (tertiary/aromatic N) is 3. The zero-order chi connectivity index (χ0) is 19.7. The van der Waals surface area contributed by atoms with Crippen molar-refractivity contribution >= 4 is 23.7 Å². The van der Waals surface area contributed by atoms with Crippen molar-refractivity contribution in [2.75, 3.05) is 39.4 Å². The number of hydrogen-bond acceptors (Lipinski definition) is 4. The Labute approximate surface area is 168 Å². The minimum absolute atomic E-state index is 0.0116. The Balaban J connectivity index is 1.54. The molecule has 3 amide bonds. The van der Waals surface area contributed by atoms with Crippen LogP contribution in [0.25, 0.3) is 0 Å². The lowest BCUT2D eigenvalue weighted by molar-refractivity contribution is -0.0537. The van der Waals surface area contributed by atoms with Gasteiger partial charge in [-0.15, -0.1) is 0 Å². The van der Waals surface area contributed by atoms with E-state index in [1.807, 2.05) is 29.2 Å². The smallest absolute Gasteiger partial charge is 0.407 e. The van der Waals surface area contributed by atoms with Crippen molar-refractivity contribution in [1.29, 1.82) is 0 Å². The number of ether oxygens (including phenoxy) is 2. The van der Waals surface area contributed by atoms with Crippen molar-refractivity contribution in [2.24, 2.45) is 0 Å². The molecular weight excluding hydrogens is 386 g/mol. The van der Waals surface area contributed by atoms with Crippen LogP contribution in [0.4, 0.5) is 9.59 Å². The number of piperidine rings is 1. The molecule has 1 unspecified atom stereocenters. The predicted octanol–water partition coefficient (Wildman–Crippen LogP) is 2.63. The van der Waals surface area contributed by atoms with Crippen molar-refractivity contribution < 1.29 is 24.2 Å². The number of urea groups is 1. The third kappa shape index (κ3) is 3.90. The fraction of sp³-hybridized carbons (Fsp3) is 0.579. The first-order chi connectivity index (χ1) is 13.5. The molecule has 3 aliphatic rings. The molecule has 3 heterocycles. The second-order valence-electron chi connectivity index (χ2n) is 7.34. The molecule has 28 heavy (non-hydrogen) atoms. The van der Waals surface area contributed by atoms with E-state index in [4.69, 9.17) is 21.1 Å². The number of hydrogen-bond donors (Lipinski definition) is 1. The zero-order valence-electron chi connectivity index (χ0n) is 15.5. The lowest BCUT2D eigenvalue weighted by Crippen LogP contribution is -2.48. The van der Waals surface area contributed by atoms with Gasteiger partial charge in [-0.3, -0.25) is 0 Å². The lowest BCUT2D eigenvalue weighted by atomic mass is 9.99. The number of amides is 3. The van der Waals surface area contributed by atoms with Crippen molar-refractivity contribution in [3.63, 3.8) is 0 Å². The molecule has 0 saturated carbocycles. The normalized spacial score (nSPS) is 24.4. The third-order valence-electron chi connectivity index (χ3n) is 5.64. The van der Waals surface area contributed by atoms with Gasteiger partial charge < -0.3 is 29.3 Å². The fourth-order valence-electron chi connectivity index (χ4n) is 4.24. The van der Waals surface area contributed by atoms with Crippen LogP contribution in [0.5, 0.6) is 0 Å². The predicted molar refractivity (Wildman–Crippen MR) is 101 cm³/mol. The first kappa shape index (κ1) is 19.3. The van der Waals surface area contributed by atoms with Crippen LogP contribution in [0.2, 0.25) is 5.02 Å². The van der Waals surface area contributed by atoms with Crippen molar-refractivity contribution in [1.82, 2.24) is 14.7 Å². The van der Waals surface area contributed by atoms with E-state index in [1.165, 1.54) is 4.90 Å². The van der Waals surface area contributed by atoms with E-state index < -0.39 is 12.4 Å². The van der Waals surface area contributed by atoms with Gasteiger partial charge in [0.15, 0.2) is 6.29 Å². The van der Waals surface area contributed by atoms with Gasteiger partial charge >= 0.3 is 12.1 Å². The van der Waals surface area contributed by atoms with Gasteiger partial charge in [0, 0.05) is 30.7 Å². The second-order valence-corrected chi connectivity index (χ2v) is 7.77. The van der Waals surface area contributed by atoms with Crippen LogP contribution in [0.15, 0.2) is 24.3 Å². The maximum atomic E-state index is 13.3. The average Bonchev–Trinajstić information content (AvgIpc) is 3.31. The van der Waals surface area contributed by atoms with E-state index in [0.717, 1.165) is 5.56 Å². The number of carbonyl (C=O) groups is 2. The highest BCUT2D eigenvalue weighted by atomic mass is 35.5. The van der Waals surface area contributed by atoms with Crippen LogP contribution in [0.1, 0.15) is 24.4 Å². The van der Waals surface area contributed by atoms with E-state index in [9.17, 15) is 14.7 Å². The highest BCUT2D eigenvalue weighted by Gasteiger charge is 2.44. The molecule has 0 bridgehead atoms. The van der Waals surface area contributed by atoms with Gasteiger partial charge in [-0.2, -0.15) is 0 Å². The van der Waals surface area contributed by atoms with E-state index >= 15 is 0 Å². The van der Waals surface area contributed by atoms with Crippen molar-refractivity contribution in [2.45, 2.75) is 31.2 Å². The molecule has 4 rings (SSSR count). The Hall–Kier alpha value is -2.03. The highest BCUT2D eigenvalue weighted by Crippen LogP contribution is 2.35. The monoisotopic (exact) mass is 409 g/mol. The molecule has 9 heteroatoms. The second kappa shape index (κ2) is 8.14. The summed E-state index contributed by atoms with van der Waals surface area (Å²) in [4.78, 5) is 29.5. The van der Waals surface area contributed by atoms with Gasteiger partial charge in [0.05, 0.1) is 25.8 Å². The fourth-order valence-corrected chi connectivity index (χ4v) is 4.44. The van der Waals surface area contributed by atoms with Crippen LogP contribution in [0.3, 0.4) is 0 Å². The largest absolute Gasteiger partial charge is 0.465 e. The zero-order valence-corrected chi connectivity index (χ0v) is 16.3.